The van der Waals surface area contributed by atoms with Gasteiger partial charge in [-0.15, -0.1) is 0 Å². The van der Waals surface area contributed by atoms with Crippen molar-refractivity contribution >= 4 is 10.9 Å². The van der Waals surface area contributed by atoms with Crippen LogP contribution in [0.15, 0.2) is 30.3 Å². The Labute approximate surface area is 164 Å². The van der Waals surface area contributed by atoms with E-state index in [9.17, 15) is 0 Å². The first kappa shape index (κ1) is 18.9. The van der Waals surface area contributed by atoms with E-state index in [1.165, 1.54) is 68.8 Å². The summed E-state index contributed by atoms with van der Waals surface area (Å²) in [4.78, 5) is 12.6. The van der Waals surface area contributed by atoms with Crippen LogP contribution in [-0.2, 0) is 6.54 Å². The highest BCUT2D eigenvalue weighted by Crippen LogP contribution is 2.22. The summed E-state index contributed by atoms with van der Waals surface area (Å²) in [6, 6.07) is 12.0. The number of pyridine rings is 1. The van der Waals surface area contributed by atoms with E-state index in [2.05, 4.69) is 65.9 Å². The average Bonchev–Trinajstić information content (AvgIpc) is 2.69. The molecule has 2 aromatic rings. The lowest BCUT2D eigenvalue weighted by Gasteiger charge is -2.42. The van der Waals surface area contributed by atoms with Gasteiger partial charge in [0.05, 0.1) is 5.52 Å². The van der Waals surface area contributed by atoms with Gasteiger partial charge >= 0.3 is 0 Å². The normalized spacial score (nSPS) is 21.3. The molecule has 0 atom stereocenters. The maximum atomic E-state index is 4.81. The van der Waals surface area contributed by atoms with Crippen LogP contribution in [0.25, 0.3) is 10.9 Å². The number of aromatic nitrogens is 1. The summed E-state index contributed by atoms with van der Waals surface area (Å²) in [5, 5.41) is 1.27. The Morgan fingerprint density at radius 3 is 2.41 bits per heavy atom. The second-order valence-corrected chi connectivity index (χ2v) is 8.76. The minimum Gasteiger partial charge on any atom is -0.304 e. The fourth-order valence-corrected chi connectivity index (χ4v) is 4.50. The van der Waals surface area contributed by atoms with Crippen molar-refractivity contribution in [2.75, 3.05) is 46.3 Å². The fraction of sp³-hybridized carbons (Fsp3) is 0.609. The van der Waals surface area contributed by atoms with E-state index in [0.29, 0.717) is 5.92 Å². The third-order valence-corrected chi connectivity index (χ3v) is 6.38. The van der Waals surface area contributed by atoms with Gasteiger partial charge in [-0.2, -0.15) is 0 Å². The number of likely N-dealkylation sites (tertiary alicyclic amines) is 1. The van der Waals surface area contributed by atoms with Gasteiger partial charge in [0, 0.05) is 49.8 Å². The molecule has 1 aromatic heterocycles. The molecule has 2 saturated heterocycles. The Balaban J connectivity index is 1.34. The highest BCUT2D eigenvalue weighted by molar-refractivity contribution is 5.79. The summed E-state index contributed by atoms with van der Waals surface area (Å²) in [6.07, 6.45) is 2.63. The summed E-state index contributed by atoms with van der Waals surface area (Å²) < 4.78 is 0. The molecule has 0 amide bonds. The standard InChI is InChI=1S/C23H34N4/c1-18(2)22-7-5-20-16-19(4-6-23(20)24-22)17-26-10-8-21(9-11-26)27-14-12-25(3)13-15-27/h4-7,16,18,21H,8-15,17H2,1-3H3. The van der Waals surface area contributed by atoms with E-state index in [-0.39, 0.29) is 0 Å². The van der Waals surface area contributed by atoms with Crippen molar-refractivity contribution in [2.45, 2.75) is 45.2 Å². The first-order valence-corrected chi connectivity index (χ1v) is 10.6. The molecule has 2 aliphatic rings. The van der Waals surface area contributed by atoms with Crippen LogP contribution in [-0.4, -0.2) is 72.0 Å². The lowest BCUT2D eigenvalue weighted by molar-refractivity contribution is 0.0658. The smallest absolute Gasteiger partial charge is 0.0705 e. The molecule has 3 heterocycles. The predicted octanol–water partition coefficient (Wildman–Crippen LogP) is 3.57. The molecule has 4 nitrogen and oxygen atoms in total. The van der Waals surface area contributed by atoms with Gasteiger partial charge in [-0.05, 0) is 62.7 Å². The fourth-order valence-electron chi connectivity index (χ4n) is 4.50. The van der Waals surface area contributed by atoms with Crippen molar-refractivity contribution in [3.05, 3.63) is 41.6 Å². The summed E-state index contributed by atoms with van der Waals surface area (Å²) in [5.41, 5.74) is 3.72. The van der Waals surface area contributed by atoms with Crippen molar-refractivity contribution in [3.63, 3.8) is 0 Å². The molecule has 0 spiro atoms. The van der Waals surface area contributed by atoms with E-state index in [0.717, 1.165) is 18.1 Å². The average molecular weight is 367 g/mol. The van der Waals surface area contributed by atoms with Gasteiger partial charge in [0.1, 0.15) is 0 Å². The van der Waals surface area contributed by atoms with E-state index in [1.54, 1.807) is 0 Å². The summed E-state index contributed by atoms with van der Waals surface area (Å²) in [6.45, 7) is 12.9. The summed E-state index contributed by atoms with van der Waals surface area (Å²) in [5.74, 6) is 0.482. The van der Waals surface area contributed by atoms with Crippen LogP contribution in [0.4, 0.5) is 0 Å². The Morgan fingerprint density at radius 2 is 1.70 bits per heavy atom. The number of hydrogen-bond donors (Lipinski definition) is 0. The van der Waals surface area contributed by atoms with Crippen LogP contribution in [0.1, 0.15) is 43.9 Å². The van der Waals surface area contributed by atoms with Crippen LogP contribution in [0.2, 0.25) is 0 Å². The van der Waals surface area contributed by atoms with Crippen LogP contribution in [0.3, 0.4) is 0 Å². The molecule has 0 aliphatic carbocycles. The number of fused-ring (bicyclic) bond motifs is 1. The summed E-state index contributed by atoms with van der Waals surface area (Å²) in [7, 11) is 2.24. The molecule has 4 heteroatoms. The number of benzene rings is 1. The maximum absolute atomic E-state index is 4.81. The van der Waals surface area contributed by atoms with E-state index >= 15 is 0 Å². The van der Waals surface area contributed by atoms with Gasteiger partial charge in [-0.25, -0.2) is 0 Å². The van der Waals surface area contributed by atoms with Gasteiger partial charge in [0.15, 0.2) is 0 Å². The Kier molecular flexibility index (Phi) is 5.76. The number of hydrogen-bond acceptors (Lipinski definition) is 4. The summed E-state index contributed by atoms with van der Waals surface area (Å²) >= 11 is 0. The molecule has 0 unspecified atom stereocenters. The number of piperazine rings is 1. The van der Waals surface area contributed by atoms with E-state index < -0.39 is 0 Å². The van der Waals surface area contributed by atoms with Crippen LogP contribution >= 0.6 is 0 Å². The molecule has 0 bridgehead atoms. The van der Waals surface area contributed by atoms with Gasteiger partial charge in [0.25, 0.3) is 0 Å². The van der Waals surface area contributed by atoms with Gasteiger partial charge in [-0.3, -0.25) is 14.8 Å². The Morgan fingerprint density at radius 1 is 0.963 bits per heavy atom. The molecule has 4 rings (SSSR count). The minimum atomic E-state index is 0.482. The zero-order valence-electron chi connectivity index (χ0n) is 17.2. The SMILES string of the molecule is CC(C)c1ccc2cc(CN3CCC(N4CCN(C)CC4)CC3)ccc2n1. The largest absolute Gasteiger partial charge is 0.304 e. The molecule has 1 aromatic carbocycles. The second-order valence-electron chi connectivity index (χ2n) is 8.76. The Bertz CT molecular complexity index is 756. The number of likely N-dealkylation sites (N-methyl/N-ethyl adjacent to an activating group) is 1. The molecule has 27 heavy (non-hydrogen) atoms. The molecular weight excluding hydrogens is 332 g/mol. The molecule has 2 fully saturated rings. The lowest BCUT2D eigenvalue weighted by atomic mass is 10.0. The van der Waals surface area contributed by atoms with Crippen molar-refractivity contribution in [2.24, 2.45) is 0 Å². The van der Waals surface area contributed by atoms with Crippen molar-refractivity contribution in [3.8, 4) is 0 Å². The Hall–Kier alpha value is -1.49. The van der Waals surface area contributed by atoms with Crippen LogP contribution in [0, 0.1) is 0 Å². The maximum Gasteiger partial charge on any atom is 0.0705 e. The number of piperidine rings is 1. The van der Waals surface area contributed by atoms with Crippen molar-refractivity contribution in [1.82, 2.24) is 19.7 Å². The second kappa shape index (κ2) is 8.26. The minimum absolute atomic E-state index is 0.482. The van der Waals surface area contributed by atoms with Gasteiger partial charge in [-0.1, -0.05) is 26.0 Å². The first-order chi connectivity index (χ1) is 13.1. The zero-order chi connectivity index (χ0) is 18.8. The third kappa shape index (κ3) is 4.50. The zero-order valence-corrected chi connectivity index (χ0v) is 17.2. The number of nitrogens with zero attached hydrogens (tertiary/aromatic N) is 4. The predicted molar refractivity (Wildman–Crippen MR) is 113 cm³/mol. The first-order valence-electron chi connectivity index (χ1n) is 10.6. The van der Waals surface area contributed by atoms with Gasteiger partial charge in [0.2, 0.25) is 0 Å². The van der Waals surface area contributed by atoms with Gasteiger partial charge < -0.3 is 4.90 Å². The van der Waals surface area contributed by atoms with Crippen molar-refractivity contribution < 1.29 is 0 Å². The lowest BCUT2D eigenvalue weighted by Crippen LogP contribution is -2.52. The third-order valence-electron chi connectivity index (χ3n) is 6.38. The van der Waals surface area contributed by atoms with Crippen LogP contribution < -0.4 is 0 Å². The molecular formula is C23H34N4. The van der Waals surface area contributed by atoms with E-state index in [1.807, 2.05) is 0 Å². The van der Waals surface area contributed by atoms with E-state index in [4.69, 9.17) is 4.98 Å². The number of rotatable bonds is 4. The topological polar surface area (TPSA) is 22.6 Å². The quantitative estimate of drug-likeness (QED) is 0.825. The molecule has 0 radical (unpaired) electrons. The van der Waals surface area contributed by atoms with Crippen molar-refractivity contribution in [1.29, 1.82) is 0 Å². The molecule has 2 aliphatic heterocycles. The van der Waals surface area contributed by atoms with Crippen LogP contribution in [0.5, 0.6) is 0 Å². The highest BCUT2D eigenvalue weighted by Gasteiger charge is 2.26. The molecule has 0 N–H and O–H groups in total. The monoisotopic (exact) mass is 366 g/mol. The molecule has 146 valence electrons. The highest BCUT2D eigenvalue weighted by atomic mass is 15.3. The molecule has 0 saturated carbocycles.